The molecule has 1 saturated heterocycles. The van der Waals surface area contributed by atoms with Gasteiger partial charge >= 0.3 is 0 Å². The Morgan fingerprint density at radius 3 is 2.29 bits per heavy atom. The lowest BCUT2D eigenvalue weighted by atomic mass is 9.82. The minimum Gasteiger partial charge on any atom is -0.292 e. The summed E-state index contributed by atoms with van der Waals surface area (Å²) in [6.07, 6.45) is 2.88. The van der Waals surface area contributed by atoms with Crippen molar-refractivity contribution in [2.75, 3.05) is 6.54 Å². The predicted octanol–water partition coefficient (Wildman–Crippen LogP) is 3.92. The molecule has 2 atom stereocenters. The van der Waals surface area contributed by atoms with Gasteiger partial charge in [-0.05, 0) is 44.0 Å². The monoisotopic (exact) mass is 436 g/mol. The Hall–Kier alpha value is -3.25. The van der Waals surface area contributed by atoms with Crippen LogP contribution in [0, 0.1) is 11.8 Å². The molecule has 158 valence electrons. The van der Waals surface area contributed by atoms with E-state index in [4.69, 9.17) is 11.6 Å². The third-order valence-corrected chi connectivity index (χ3v) is 6.01. The number of imide groups is 1. The average Bonchev–Trinajstić information content (AvgIpc) is 3.02. The van der Waals surface area contributed by atoms with Crippen molar-refractivity contribution < 1.29 is 19.2 Å². The van der Waals surface area contributed by atoms with Crippen LogP contribution in [-0.4, -0.2) is 40.1 Å². The Bertz CT molecular complexity index is 1080. The van der Waals surface area contributed by atoms with Crippen LogP contribution in [0.1, 0.15) is 40.5 Å². The molecule has 0 radical (unpaired) electrons. The Morgan fingerprint density at radius 1 is 0.968 bits per heavy atom. The van der Waals surface area contributed by atoms with Crippen molar-refractivity contribution in [3.8, 4) is 0 Å². The maximum Gasteiger partial charge on any atom is 0.273 e. The fraction of sp³-hybridized carbons (Fsp3) is 0.250. The van der Waals surface area contributed by atoms with Crippen LogP contribution < -0.4 is 0 Å². The molecule has 1 heterocycles. The highest BCUT2D eigenvalue weighted by molar-refractivity contribution is 6.30. The second kappa shape index (κ2) is 8.47. The van der Waals surface area contributed by atoms with Crippen molar-refractivity contribution in [3.63, 3.8) is 0 Å². The Labute approximate surface area is 185 Å². The summed E-state index contributed by atoms with van der Waals surface area (Å²) in [5.74, 6) is -2.88. The summed E-state index contributed by atoms with van der Waals surface area (Å²) < 4.78 is 0. The molecule has 2 aromatic rings. The zero-order valence-electron chi connectivity index (χ0n) is 17.0. The van der Waals surface area contributed by atoms with Gasteiger partial charge in [0, 0.05) is 16.1 Å². The molecule has 0 unspecified atom stereocenters. The first-order valence-electron chi connectivity index (χ1n) is 10.1. The van der Waals surface area contributed by atoms with E-state index in [1.54, 1.807) is 42.5 Å². The number of rotatable bonds is 5. The summed E-state index contributed by atoms with van der Waals surface area (Å²) in [6.45, 7) is 1.50. The lowest BCUT2D eigenvalue weighted by Crippen LogP contribution is -2.52. The Balaban J connectivity index is 1.69. The van der Waals surface area contributed by atoms with Gasteiger partial charge in [0.25, 0.3) is 17.7 Å². The van der Waals surface area contributed by atoms with E-state index in [-0.39, 0.29) is 11.3 Å². The number of hydrogen-bond acceptors (Lipinski definition) is 4. The zero-order valence-corrected chi connectivity index (χ0v) is 17.7. The lowest BCUT2D eigenvalue weighted by Gasteiger charge is -2.30. The van der Waals surface area contributed by atoms with Gasteiger partial charge < -0.3 is 0 Å². The summed E-state index contributed by atoms with van der Waals surface area (Å²) in [5, 5.41) is 2.32. The number of nitrogens with zero attached hydrogens (tertiary/aromatic N) is 2. The van der Waals surface area contributed by atoms with Gasteiger partial charge in [0.15, 0.2) is 5.78 Å². The third kappa shape index (κ3) is 4.03. The summed E-state index contributed by atoms with van der Waals surface area (Å²) >= 11 is 5.93. The second-order valence-corrected chi connectivity index (χ2v) is 8.29. The molecule has 6 nitrogen and oxygen atoms in total. The van der Waals surface area contributed by atoms with Gasteiger partial charge in [-0.1, -0.05) is 53.6 Å². The molecule has 0 saturated carbocycles. The van der Waals surface area contributed by atoms with Crippen molar-refractivity contribution in [2.45, 2.75) is 19.8 Å². The summed E-state index contributed by atoms with van der Waals surface area (Å²) in [4.78, 5) is 52.6. The van der Waals surface area contributed by atoms with Crippen LogP contribution >= 0.6 is 11.6 Å². The van der Waals surface area contributed by atoms with E-state index in [0.717, 1.165) is 15.6 Å². The molecular weight excluding hydrogens is 416 g/mol. The standard InChI is InChI=1S/C24H21ClN2O4/c1-15-7-12-19-20(13-15)24(31)27(23(19)30)26(14-21(28)16-5-3-2-4-6-16)22(29)17-8-10-18(25)11-9-17/h2-11,19-20H,12-14H2,1H3/t19-,20-/m1/s1. The number of carbonyl (C=O) groups is 4. The van der Waals surface area contributed by atoms with Crippen LogP contribution in [0.15, 0.2) is 66.2 Å². The van der Waals surface area contributed by atoms with Crippen LogP contribution in [0.25, 0.3) is 0 Å². The number of hydrogen-bond donors (Lipinski definition) is 0. The van der Waals surface area contributed by atoms with Gasteiger partial charge in [0.1, 0.15) is 6.54 Å². The number of benzene rings is 2. The van der Waals surface area contributed by atoms with E-state index in [1.807, 2.05) is 13.0 Å². The molecule has 0 bridgehead atoms. The summed E-state index contributed by atoms with van der Waals surface area (Å²) in [7, 11) is 0. The smallest absolute Gasteiger partial charge is 0.273 e. The van der Waals surface area contributed by atoms with E-state index in [1.165, 1.54) is 12.1 Å². The van der Waals surface area contributed by atoms with E-state index in [9.17, 15) is 19.2 Å². The number of carbonyl (C=O) groups excluding carboxylic acids is 4. The van der Waals surface area contributed by atoms with Gasteiger partial charge in [-0.15, -0.1) is 0 Å². The molecule has 0 spiro atoms. The average molecular weight is 437 g/mol. The van der Waals surface area contributed by atoms with Gasteiger partial charge in [-0.3, -0.25) is 19.2 Å². The van der Waals surface area contributed by atoms with Crippen molar-refractivity contribution in [2.24, 2.45) is 11.8 Å². The molecule has 0 aromatic heterocycles. The Morgan fingerprint density at radius 2 is 1.61 bits per heavy atom. The molecule has 0 N–H and O–H groups in total. The Kier molecular flexibility index (Phi) is 5.74. The third-order valence-electron chi connectivity index (χ3n) is 5.76. The quantitative estimate of drug-likeness (QED) is 0.404. The zero-order chi connectivity index (χ0) is 22.1. The number of hydrazine groups is 1. The fourth-order valence-electron chi connectivity index (χ4n) is 4.08. The van der Waals surface area contributed by atoms with Gasteiger partial charge in [0.2, 0.25) is 0 Å². The lowest BCUT2D eigenvalue weighted by molar-refractivity contribution is -0.154. The first kappa shape index (κ1) is 21.0. The minimum absolute atomic E-state index is 0.232. The number of halogens is 1. The molecule has 31 heavy (non-hydrogen) atoms. The summed E-state index contributed by atoms with van der Waals surface area (Å²) in [6, 6.07) is 14.6. The fourth-order valence-corrected chi connectivity index (χ4v) is 4.21. The molecule has 7 heteroatoms. The van der Waals surface area contributed by atoms with E-state index < -0.39 is 36.1 Å². The second-order valence-electron chi connectivity index (χ2n) is 7.85. The molecule has 2 aliphatic rings. The first-order chi connectivity index (χ1) is 14.9. The van der Waals surface area contributed by atoms with Crippen molar-refractivity contribution in [3.05, 3.63) is 82.4 Å². The topological polar surface area (TPSA) is 74.8 Å². The van der Waals surface area contributed by atoms with Crippen molar-refractivity contribution in [1.82, 2.24) is 10.0 Å². The van der Waals surface area contributed by atoms with Gasteiger partial charge in [-0.25, -0.2) is 5.01 Å². The highest BCUT2D eigenvalue weighted by atomic mass is 35.5. The van der Waals surface area contributed by atoms with Gasteiger partial charge in [0.05, 0.1) is 11.8 Å². The minimum atomic E-state index is -0.606. The number of allylic oxidation sites excluding steroid dienone is 2. The van der Waals surface area contributed by atoms with Crippen LogP contribution in [-0.2, 0) is 9.59 Å². The number of fused-ring (bicyclic) bond motifs is 1. The SMILES string of the molecule is CC1=CC[C@H]2C(=O)N(N(CC(=O)c3ccccc3)C(=O)c3ccc(Cl)cc3)C(=O)[C@@H]2C1. The van der Waals surface area contributed by atoms with Gasteiger partial charge in [-0.2, -0.15) is 5.01 Å². The molecule has 1 aliphatic heterocycles. The molecule has 2 aromatic carbocycles. The van der Waals surface area contributed by atoms with Crippen LogP contribution in [0.4, 0.5) is 0 Å². The molecule has 1 fully saturated rings. The molecule has 4 rings (SSSR count). The largest absolute Gasteiger partial charge is 0.292 e. The highest BCUT2D eigenvalue weighted by Crippen LogP contribution is 2.38. The van der Waals surface area contributed by atoms with Crippen molar-refractivity contribution in [1.29, 1.82) is 0 Å². The molecular formula is C24H21ClN2O4. The maximum absolute atomic E-state index is 13.3. The first-order valence-corrected chi connectivity index (χ1v) is 10.4. The van der Waals surface area contributed by atoms with Crippen molar-refractivity contribution >= 4 is 35.1 Å². The van der Waals surface area contributed by atoms with Crippen LogP contribution in [0.5, 0.6) is 0 Å². The van der Waals surface area contributed by atoms with E-state index >= 15 is 0 Å². The highest BCUT2D eigenvalue weighted by Gasteiger charge is 2.51. The van der Waals surface area contributed by atoms with Crippen LogP contribution in [0.2, 0.25) is 5.02 Å². The maximum atomic E-state index is 13.3. The van der Waals surface area contributed by atoms with E-state index in [0.29, 0.717) is 23.4 Å². The van der Waals surface area contributed by atoms with E-state index in [2.05, 4.69) is 0 Å². The van der Waals surface area contributed by atoms with Crippen LogP contribution in [0.3, 0.4) is 0 Å². The predicted molar refractivity (Wildman–Crippen MR) is 115 cm³/mol. The molecule has 1 aliphatic carbocycles. The number of Topliss-reactive ketones (excluding diaryl/α,β-unsaturated/α-hetero) is 1. The summed E-state index contributed by atoms with van der Waals surface area (Å²) in [5.41, 5.74) is 1.67. The molecule has 3 amide bonds. The normalized spacial score (nSPS) is 20.3. The number of amides is 3. The number of ketones is 1.